The Balaban J connectivity index is 2.70. The third kappa shape index (κ3) is 3.70. The molecule has 2 atom stereocenters. The topological polar surface area (TPSA) is 39.1 Å². The van der Waals surface area contributed by atoms with Crippen LogP contribution in [0.3, 0.4) is 0 Å². The van der Waals surface area contributed by atoms with Gasteiger partial charge in [-0.2, -0.15) is 5.26 Å². The van der Waals surface area contributed by atoms with Crippen molar-refractivity contribution in [3.05, 3.63) is 0 Å². The lowest BCUT2D eigenvalue weighted by Gasteiger charge is -2.35. The first-order valence-corrected chi connectivity index (χ1v) is 7.36. The van der Waals surface area contributed by atoms with Crippen molar-refractivity contribution in [1.82, 2.24) is 10.2 Å². The summed E-state index contributed by atoms with van der Waals surface area (Å²) in [6.45, 7) is 13.2. The SMILES string of the molecule is CCNC1(C#N)CCC(N(CC(C)C)C(C)C)C1. The molecule has 2 unspecified atom stereocenters. The minimum absolute atomic E-state index is 0.274. The zero-order valence-corrected chi connectivity index (χ0v) is 12.7. The first kappa shape index (κ1) is 15.5. The Hall–Kier alpha value is -0.590. The monoisotopic (exact) mass is 251 g/mol. The standard InChI is InChI=1S/C15H29N3/c1-6-17-15(11-16)8-7-14(9-15)18(13(4)5)10-12(2)3/h12-14,17H,6-10H2,1-5H3. The summed E-state index contributed by atoms with van der Waals surface area (Å²) < 4.78 is 0. The van der Waals surface area contributed by atoms with Crippen LogP contribution in [0.1, 0.15) is 53.9 Å². The van der Waals surface area contributed by atoms with Gasteiger partial charge in [-0.25, -0.2) is 0 Å². The highest BCUT2D eigenvalue weighted by Gasteiger charge is 2.41. The Labute approximate surface area is 113 Å². The quantitative estimate of drug-likeness (QED) is 0.789. The Kier molecular flexibility index (Phi) is 5.62. The van der Waals surface area contributed by atoms with Crippen LogP contribution in [-0.2, 0) is 0 Å². The highest BCUT2D eigenvalue weighted by Crippen LogP contribution is 2.33. The molecule has 0 heterocycles. The van der Waals surface area contributed by atoms with Gasteiger partial charge in [0.2, 0.25) is 0 Å². The Bertz CT molecular complexity index is 293. The van der Waals surface area contributed by atoms with Crippen molar-refractivity contribution in [3.63, 3.8) is 0 Å². The van der Waals surface area contributed by atoms with Crippen LogP contribution in [0.4, 0.5) is 0 Å². The Morgan fingerprint density at radius 3 is 2.50 bits per heavy atom. The largest absolute Gasteiger partial charge is 0.300 e. The molecule has 0 aromatic rings. The highest BCUT2D eigenvalue weighted by atomic mass is 15.2. The van der Waals surface area contributed by atoms with Crippen molar-refractivity contribution in [2.24, 2.45) is 5.92 Å². The van der Waals surface area contributed by atoms with E-state index in [-0.39, 0.29) is 5.54 Å². The van der Waals surface area contributed by atoms with E-state index in [9.17, 15) is 5.26 Å². The van der Waals surface area contributed by atoms with Gasteiger partial charge in [0.05, 0.1) is 6.07 Å². The summed E-state index contributed by atoms with van der Waals surface area (Å²) in [4.78, 5) is 2.58. The zero-order valence-electron chi connectivity index (χ0n) is 12.7. The van der Waals surface area contributed by atoms with Gasteiger partial charge in [0.15, 0.2) is 0 Å². The molecule has 0 aliphatic heterocycles. The molecule has 0 bridgehead atoms. The lowest BCUT2D eigenvalue weighted by molar-refractivity contribution is 0.133. The van der Waals surface area contributed by atoms with E-state index in [0.29, 0.717) is 18.0 Å². The molecule has 0 spiro atoms. The van der Waals surface area contributed by atoms with Crippen molar-refractivity contribution < 1.29 is 0 Å². The maximum atomic E-state index is 9.44. The van der Waals surface area contributed by atoms with Crippen molar-refractivity contribution in [2.75, 3.05) is 13.1 Å². The highest BCUT2D eigenvalue weighted by molar-refractivity contribution is 5.13. The lowest BCUT2D eigenvalue weighted by Crippen LogP contribution is -2.46. The van der Waals surface area contributed by atoms with Crippen LogP contribution in [0.2, 0.25) is 0 Å². The lowest BCUT2D eigenvalue weighted by atomic mass is 9.98. The van der Waals surface area contributed by atoms with Gasteiger partial charge in [-0.05, 0) is 45.6 Å². The molecular formula is C15H29N3. The summed E-state index contributed by atoms with van der Waals surface area (Å²) >= 11 is 0. The second-order valence-corrected chi connectivity index (χ2v) is 6.31. The molecule has 1 aliphatic rings. The molecule has 1 N–H and O–H groups in total. The Morgan fingerprint density at radius 1 is 1.39 bits per heavy atom. The first-order chi connectivity index (χ1) is 8.44. The third-order valence-corrected chi connectivity index (χ3v) is 3.93. The normalized spacial score (nSPS) is 28.3. The molecule has 104 valence electrons. The van der Waals surface area contributed by atoms with Gasteiger partial charge in [0.25, 0.3) is 0 Å². The van der Waals surface area contributed by atoms with E-state index < -0.39 is 0 Å². The van der Waals surface area contributed by atoms with Crippen molar-refractivity contribution in [1.29, 1.82) is 5.26 Å². The van der Waals surface area contributed by atoms with Gasteiger partial charge in [0, 0.05) is 18.6 Å². The second kappa shape index (κ2) is 6.54. The van der Waals surface area contributed by atoms with Gasteiger partial charge in [-0.3, -0.25) is 10.2 Å². The van der Waals surface area contributed by atoms with Gasteiger partial charge >= 0.3 is 0 Å². The van der Waals surface area contributed by atoms with E-state index in [0.717, 1.165) is 32.4 Å². The third-order valence-electron chi connectivity index (χ3n) is 3.93. The molecule has 3 nitrogen and oxygen atoms in total. The van der Waals surface area contributed by atoms with Crippen molar-refractivity contribution >= 4 is 0 Å². The van der Waals surface area contributed by atoms with Crippen LogP contribution in [0.15, 0.2) is 0 Å². The fourth-order valence-corrected chi connectivity index (χ4v) is 3.15. The fourth-order valence-electron chi connectivity index (χ4n) is 3.15. The van der Waals surface area contributed by atoms with Gasteiger partial charge in [-0.15, -0.1) is 0 Å². The average molecular weight is 251 g/mol. The number of nitriles is 1. The van der Waals surface area contributed by atoms with Gasteiger partial charge in [-0.1, -0.05) is 20.8 Å². The molecule has 0 amide bonds. The molecular weight excluding hydrogens is 222 g/mol. The maximum absolute atomic E-state index is 9.44. The van der Waals surface area contributed by atoms with Gasteiger partial charge < -0.3 is 0 Å². The average Bonchev–Trinajstić information content (AvgIpc) is 2.71. The van der Waals surface area contributed by atoms with Crippen LogP contribution in [-0.4, -0.2) is 35.6 Å². The Morgan fingerprint density at radius 2 is 2.06 bits per heavy atom. The van der Waals surface area contributed by atoms with Crippen LogP contribution >= 0.6 is 0 Å². The fraction of sp³-hybridized carbons (Fsp3) is 0.933. The van der Waals surface area contributed by atoms with Crippen molar-refractivity contribution in [3.8, 4) is 6.07 Å². The maximum Gasteiger partial charge on any atom is 0.108 e. The summed E-state index contributed by atoms with van der Waals surface area (Å²) in [5, 5.41) is 12.8. The van der Waals surface area contributed by atoms with Gasteiger partial charge in [0.1, 0.15) is 5.54 Å². The number of rotatable bonds is 6. The molecule has 0 saturated heterocycles. The molecule has 1 saturated carbocycles. The van der Waals surface area contributed by atoms with E-state index in [1.54, 1.807) is 0 Å². The predicted molar refractivity (Wildman–Crippen MR) is 76.3 cm³/mol. The molecule has 0 aromatic heterocycles. The van der Waals surface area contributed by atoms with Crippen LogP contribution < -0.4 is 5.32 Å². The smallest absolute Gasteiger partial charge is 0.108 e. The van der Waals surface area contributed by atoms with E-state index in [4.69, 9.17) is 0 Å². The molecule has 0 radical (unpaired) electrons. The van der Waals surface area contributed by atoms with Crippen molar-refractivity contribution in [2.45, 2.75) is 71.5 Å². The van der Waals surface area contributed by atoms with Crippen LogP contribution in [0.25, 0.3) is 0 Å². The summed E-state index contributed by atoms with van der Waals surface area (Å²) in [5.74, 6) is 0.684. The van der Waals surface area contributed by atoms with E-state index in [1.165, 1.54) is 0 Å². The summed E-state index contributed by atoms with van der Waals surface area (Å²) in [7, 11) is 0. The zero-order chi connectivity index (χ0) is 13.8. The number of nitrogens with one attached hydrogen (secondary N) is 1. The molecule has 3 heteroatoms. The summed E-state index contributed by atoms with van der Waals surface area (Å²) in [5.41, 5.74) is -0.274. The van der Waals surface area contributed by atoms with Crippen LogP contribution in [0, 0.1) is 17.2 Å². The van der Waals surface area contributed by atoms with E-state index in [2.05, 4.69) is 50.9 Å². The molecule has 1 fully saturated rings. The number of nitrogens with zero attached hydrogens (tertiary/aromatic N) is 2. The predicted octanol–water partition coefficient (Wildman–Crippen LogP) is 2.78. The van der Waals surface area contributed by atoms with E-state index in [1.807, 2.05) is 0 Å². The molecule has 1 rings (SSSR count). The summed E-state index contributed by atoms with van der Waals surface area (Å²) in [6.07, 6.45) is 3.11. The molecule has 18 heavy (non-hydrogen) atoms. The molecule has 1 aliphatic carbocycles. The minimum atomic E-state index is -0.274. The molecule has 0 aromatic carbocycles. The number of hydrogen-bond acceptors (Lipinski definition) is 3. The van der Waals surface area contributed by atoms with Crippen LogP contribution in [0.5, 0.6) is 0 Å². The summed E-state index contributed by atoms with van der Waals surface area (Å²) in [6, 6.07) is 3.64. The van der Waals surface area contributed by atoms with E-state index >= 15 is 0 Å². The second-order valence-electron chi connectivity index (χ2n) is 6.31. The minimum Gasteiger partial charge on any atom is -0.300 e. The first-order valence-electron chi connectivity index (χ1n) is 7.36. The number of hydrogen-bond donors (Lipinski definition) is 1.